The van der Waals surface area contributed by atoms with Gasteiger partial charge in [0.1, 0.15) is 5.00 Å². The lowest BCUT2D eigenvalue weighted by molar-refractivity contribution is -0.117. The Labute approximate surface area is 146 Å². The first kappa shape index (κ1) is 18.2. The molecule has 1 aromatic heterocycles. The first-order valence-corrected chi connectivity index (χ1v) is 8.69. The monoisotopic (exact) mass is 345 g/mol. The number of nitrogens with two attached hydrogens (primary N) is 1. The molecular weight excluding hydrogens is 322 g/mol. The van der Waals surface area contributed by atoms with Crippen LogP contribution >= 0.6 is 11.3 Å². The summed E-state index contributed by atoms with van der Waals surface area (Å²) in [5.41, 5.74) is 8.08. The van der Waals surface area contributed by atoms with Gasteiger partial charge < -0.3 is 11.1 Å². The highest BCUT2D eigenvalue weighted by Crippen LogP contribution is 2.22. The maximum absolute atomic E-state index is 12.1. The van der Waals surface area contributed by atoms with Gasteiger partial charge in [-0.25, -0.2) is 0 Å². The number of anilines is 1. The van der Waals surface area contributed by atoms with Crippen molar-refractivity contribution in [1.82, 2.24) is 4.90 Å². The number of carbonyl (C=O) groups is 2. The Hall–Kier alpha value is -2.18. The fourth-order valence-electron chi connectivity index (χ4n) is 2.39. The van der Waals surface area contributed by atoms with Gasteiger partial charge in [-0.1, -0.05) is 38.1 Å². The summed E-state index contributed by atoms with van der Waals surface area (Å²) < 4.78 is 0. The van der Waals surface area contributed by atoms with Gasteiger partial charge in [0.05, 0.1) is 12.1 Å². The number of carbonyl (C=O) groups excluding carboxylic acids is 2. The molecule has 2 aromatic rings. The van der Waals surface area contributed by atoms with Gasteiger partial charge in [0.25, 0.3) is 5.91 Å². The van der Waals surface area contributed by atoms with E-state index in [1.54, 1.807) is 11.4 Å². The van der Waals surface area contributed by atoms with Crippen molar-refractivity contribution in [3.8, 4) is 0 Å². The summed E-state index contributed by atoms with van der Waals surface area (Å²) in [5, 5.41) is 4.98. The van der Waals surface area contributed by atoms with Crippen molar-refractivity contribution in [2.45, 2.75) is 26.3 Å². The van der Waals surface area contributed by atoms with Crippen LogP contribution in [-0.4, -0.2) is 30.3 Å². The van der Waals surface area contributed by atoms with Crippen LogP contribution in [0.25, 0.3) is 0 Å². The average molecular weight is 345 g/mol. The van der Waals surface area contributed by atoms with E-state index in [0.717, 1.165) is 5.56 Å². The van der Waals surface area contributed by atoms with E-state index in [2.05, 4.69) is 43.4 Å². The summed E-state index contributed by atoms with van der Waals surface area (Å²) in [7, 11) is 1.89. The minimum Gasteiger partial charge on any atom is -0.366 e. The Kier molecular flexibility index (Phi) is 6.11. The molecule has 2 rings (SSSR count). The van der Waals surface area contributed by atoms with Crippen LogP contribution in [0.5, 0.6) is 0 Å². The van der Waals surface area contributed by atoms with Crippen molar-refractivity contribution >= 4 is 28.2 Å². The zero-order valence-electron chi connectivity index (χ0n) is 14.2. The van der Waals surface area contributed by atoms with E-state index >= 15 is 0 Å². The van der Waals surface area contributed by atoms with Crippen molar-refractivity contribution < 1.29 is 9.59 Å². The molecule has 0 aliphatic rings. The minimum atomic E-state index is -0.537. The molecule has 24 heavy (non-hydrogen) atoms. The van der Waals surface area contributed by atoms with Crippen molar-refractivity contribution in [1.29, 1.82) is 0 Å². The van der Waals surface area contributed by atoms with Crippen LogP contribution in [0.1, 0.15) is 41.3 Å². The van der Waals surface area contributed by atoms with Crippen molar-refractivity contribution in [3.05, 3.63) is 52.4 Å². The maximum Gasteiger partial charge on any atom is 0.251 e. The van der Waals surface area contributed by atoms with Crippen molar-refractivity contribution in [2.24, 2.45) is 5.73 Å². The van der Waals surface area contributed by atoms with Crippen LogP contribution in [0, 0.1) is 0 Å². The number of nitrogens with one attached hydrogen (secondary N) is 1. The van der Waals surface area contributed by atoms with Crippen LogP contribution in [0.2, 0.25) is 0 Å². The molecule has 0 bridgehead atoms. The molecule has 2 amide bonds. The fourth-order valence-corrected chi connectivity index (χ4v) is 3.20. The molecular formula is C18H23N3O2S. The normalized spacial score (nSPS) is 11.0. The van der Waals surface area contributed by atoms with E-state index in [4.69, 9.17) is 5.73 Å². The molecule has 1 aromatic carbocycles. The quantitative estimate of drug-likeness (QED) is 0.810. The summed E-state index contributed by atoms with van der Waals surface area (Å²) in [5.74, 6) is -0.195. The molecule has 0 saturated heterocycles. The van der Waals surface area contributed by atoms with Gasteiger partial charge in [-0.15, -0.1) is 11.3 Å². The molecule has 0 fully saturated rings. The summed E-state index contributed by atoms with van der Waals surface area (Å²) >= 11 is 1.29. The fraction of sp³-hybridized carbons (Fsp3) is 0.333. The third kappa shape index (κ3) is 4.91. The number of nitrogens with zero attached hydrogens (tertiary/aromatic N) is 1. The molecule has 5 nitrogen and oxygen atoms in total. The van der Waals surface area contributed by atoms with Crippen LogP contribution < -0.4 is 11.1 Å². The molecule has 128 valence electrons. The second-order valence-electron chi connectivity index (χ2n) is 6.14. The lowest BCUT2D eigenvalue weighted by Gasteiger charge is -2.17. The number of primary amides is 1. The van der Waals surface area contributed by atoms with E-state index in [-0.39, 0.29) is 12.5 Å². The molecule has 0 radical (unpaired) electrons. The average Bonchev–Trinajstić information content (AvgIpc) is 2.95. The van der Waals surface area contributed by atoms with Gasteiger partial charge in [0, 0.05) is 6.54 Å². The predicted molar refractivity (Wildman–Crippen MR) is 98.3 cm³/mol. The van der Waals surface area contributed by atoms with Gasteiger partial charge in [-0.05, 0) is 35.5 Å². The zero-order chi connectivity index (χ0) is 17.7. The van der Waals surface area contributed by atoms with Crippen LogP contribution in [0.4, 0.5) is 5.00 Å². The molecule has 1 heterocycles. The molecule has 0 aliphatic carbocycles. The number of likely N-dealkylation sites (N-methyl/N-ethyl adjacent to an activating group) is 1. The molecule has 0 unspecified atom stereocenters. The predicted octanol–water partition coefficient (Wildman–Crippen LogP) is 3.04. The number of thiophene rings is 1. The largest absolute Gasteiger partial charge is 0.366 e. The van der Waals surface area contributed by atoms with E-state index in [1.807, 2.05) is 11.9 Å². The highest BCUT2D eigenvalue weighted by Gasteiger charge is 2.14. The standard InChI is InChI=1S/C18H23N3O2S/c1-12(2)14-6-4-13(5-7-14)10-21(3)11-16(22)20-18-15(17(19)23)8-9-24-18/h4-9,12H,10-11H2,1-3H3,(H2,19,23)(H,20,22). The number of amides is 2. The van der Waals surface area contributed by atoms with E-state index in [0.29, 0.717) is 23.0 Å². The minimum absolute atomic E-state index is 0.166. The first-order chi connectivity index (χ1) is 11.4. The molecule has 3 N–H and O–H groups in total. The summed E-state index contributed by atoms with van der Waals surface area (Å²) in [6.07, 6.45) is 0. The van der Waals surface area contributed by atoms with Crippen LogP contribution in [0.3, 0.4) is 0 Å². The van der Waals surface area contributed by atoms with Gasteiger partial charge >= 0.3 is 0 Å². The Bertz CT molecular complexity index is 707. The van der Waals surface area contributed by atoms with Gasteiger partial charge in [0.2, 0.25) is 5.91 Å². The topological polar surface area (TPSA) is 75.4 Å². The highest BCUT2D eigenvalue weighted by molar-refractivity contribution is 7.14. The van der Waals surface area contributed by atoms with Gasteiger partial charge in [-0.2, -0.15) is 0 Å². The molecule has 0 spiro atoms. The Morgan fingerprint density at radius 1 is 1.21 bits per heavy atom. The summed E-state index contributed by atoms with van der Waals surface area (Å²) in [6.45, 7) is 5.24. The number of hydrogen-bond acceptors (Lipinski definition) is 4. The van der Waals surface area contributed by atoms with Crippen molar-refractivity contribution in [3.63, 3.8) is 0 Å². The second-order valence-corrected chi connectivity index (χ2v) is 7.06. The Morgan fingerprint density at radius 3 is 2.46 bits per heavy atom. The van der Waals surface area contributed by atoms with Gasteiger partial charge in [-0.3, -0.25) is 14.5 Å². The second kappa shape index (κ2) is 8.08. The molecule has 6 heteroatoms. The summed E-state index contributed by atoms with van der Waals surface area (Å²) in [6, 6.07) is 10.0. The third-order valence-electron chi connectivity index (χ3n) is 3.70. The smallest absolute Gasteiger partial charge is 0.251 e. The highest BCUT2D eigenvalue weighted by atomic mass is 32.1. The SMILES string of the molecule is CC(C)c1ccc(CN(C)CC(=O)Nc2sccc2C(N)=O)cc1. The number of rotatable bonds is 7. The zero-order valence-corrected chi connectivity index (χ0v) is 15.0. The lowest BCUT2D eigenvalue weighted by Crippen LogP contribution is -2.30. The maximum atomic E-state index is 12.1. The summed E-state index contributed by atoms with van der Waals surface area (Å²) in [4.78, 5) is 25.3. The Morgan fingerprint density at radius 2 is 1.88 bits per heavy atom. The van der Waals surface area contributed by atoms with E-state index in [1.165, 1.54) is 16.9 Å². The third-order valence-corrected chi connectivity index (χ3v) is 4.53. The lowest BCUT2D eigenvalue weighted by atomic mass is 10.0. The van der Waals surface area contributed by atoms with Crippen molar-refractivity contribution in [2.75, 3.05) is 18.9 Å². The molecule has 0 saturated carbocycles. The van der Waals surface area contributed by atoms with E-state index < -0.39 is 5.91 Å². The molecule has 0 aliphatic heterocycles. The van der Waals surface area contributed by atoms with Crippen LogP contribution in [0.15, 0.2) is 35.7 Å². The van der Waals surface area contributed by atoms with E-state index in [9.17, 15) is 9.59 Å². The van der Waals surface area contributed by atoms with Crippen LogP contribution in [-0.2, 0) is 11.3 Å². The number of benzene rings is 1. The number of hydrogen-bond donors (Lipinski definition) is 2. The molecule has 0 atom stereocenters. The Balaban J connectivity index is 1.89. The van der Waals surface area contributed by atoms with Gasteiger partial charge in [0.15, 0.2) is 0 Å². The first-order valence-electron chi connectivity index (χ1n) is 7.81.